The predicted octanol–water partition coefficient (Wildman–Crippen LogP) is 2.36. The van der Waals surface area contributed by atoms with Gasteiger partial charge in [-0.25, -0.2) is 4.79 Å². The molecule has 0 bridgehead atoms. The molecule has 0 radical (unpaired) electrons. The van der Waals surface area contributed by atoms with Crippen LogP contribution in [0.4, 0.5) is 0 Å². The summed E-state index contributed by atoms with van der Waals surface area (Å²) in [6.45, 7) is 3.47. The van der Waals surface area contributed by atoms with Crippen LogP contribution in [0.15, 0.2) is 22.7 Å². The fourth-order valence-corrected chi connectivity index (χ4v) is 3.01. The second kappa shape index (κ2) is 7.04. The molecule has 0 fully saturated rings. The molecule has 1 heterocycles. The van der Waals surface area contributed by atoms with Crippen LogP contribution < -0.4 is 10.1 Å². The van der Waals surface area contributed by atoms with Crippen LogP contribution in [0.2, 0.25) is 0 Å². The molecule has 1 atom stereocenters. The average Bonchev–Trinajstić information content (AvgIpc) is 2.77. The van der Waals surface area contributed by atoms with Crippen LogP contribution in [0, 0.1) is 13.8 Å². The van der Waals surface area contributed by atoms with Crippen molar-refractivity contribution in [3.63, 3.8) is 0 Å². The number of methoxy groups -OCH3 is 1. The number of ether oxygens (including phenoxy) is 1. The molecule has 0 spiro atoms. The van der Waals surface area contributed by atoms with Gasteiger partial charge >= 0.3 is 5.97 Å². The van der Waals surface area contributed by atoms with Crippen LogP contribution in [-0.2, 0) is 11.8 Å². The normalized spacial score (nSPS) is 11.9. The first-order valence-electron chi connectivity index (χ1n) is 7.13. The number of aromatic nitrogens is 2. The summed E-state index contributed by atoms with van der Waals surface area (Å²) < 4.78 is 7.33. The van der Waals surface area contributed by atoms with Gasteiger partial charge in [-0.2, -0.15) is 5.10 Å². The molecule has 0 saturated carbocycles. The third kappa shape index (κ3) is 3.43. The lowest BCUT2D eigenvalue weighted by Crippen LogP contribution is -2.34. The number of amides is 1. The van der Waals surface area contributed by atoms with Crippen LogP contribution in [0.1, 0.15) is 33.4 Å². The van der Waals surface area contributed by atoms with Gasteiger partial charge in [-0.05, 0) is 47.5 Å². The van der Waals surface area contributed by atoms with E-state index in [9.17, 15) is 14.7 Å². The summed E-state index contributed by atoms with van der Waals surface area (Å²) in [5.74, 6) is -1.05. The average molecular weight is 396 g/mol. The fourth-order valence-electron chi connectivity index (χ4n) is 2.46. The van der Waals surface area contributed by atoms with E-state index in [1.54, 1.807) is 43.8 Å². The maximum Gasteiger partial charge on any atom is 0.330 e. The van der Waals surface area contributed by atoms with Crippen LogP contribution >= 0.6 is 15.9 Å². The maximum absolute atomic E-state index is 12.5. The Hall–Kier alpha value is -2.35. The Bertz CT molecular complexity index is 801. The lowest BCUT2D eigenvalue weighted by atomic mass is 10.1. The molecule has 7 nitrogen and oxygen atoms in total. The molecule has 1 unspecified atom stereocenters. The molecule has 0 aliphatic heterocycles. The molecule has 1 amide bonds. The molecule has 0 saturated heterocycles. The van der Waals surface area contributed by atoms with Crippen molar-refractivity contribution in [2.75, 3.05) is 7.11 Å². The molecular weight excluding hydrogens is 378 g/mol. The van der Waals surface area contributed by atoms with Gasteiger partial charge in [-0.3, -0.25) is 9.48 Å². The fraction of sp³-hybridized carbons (Fsp3) is 0.312. The minimum atomic E-state index is -1.18. The highest BCUT2D eigenvalue weighted by Gasteiger charge is 2.26. The minimum Gasteiger partial charge on any atom is -0.496 e. The first kappa shape index (κ1) is 18.0. The van der Waals surface area contributed by atoms with Crippen molar-refractivity contribution in [2.24, 2.45) is 7.05 Å². The van der Waals surface area contributed by atoms with Gasteiger partial charge in [-0.15, -0.1) is 0 Å². The number of aryl methyl sites for hydroxylation is 2. The van der Waals surface area contributed by atoms with E-state index < -0.39 is 17.9 Å². The van der Waals surface area contributed by atoms with Crippen LogP contribution in [-0.4, -0.2) is 33.9 Å². The summed E-state index contributed by atoms with van der Waals surface area (Å²) in [7, 11) is 3.25. The zero-order chi connectivity index (χ0) is 18.0. The van der Waals surface area contributed by atoms with Gasteiger partial charge in [0, 0.05) is 12.7 Å². The monoisotopic (exact) mass is 395 g/mol. The third-order valence-corrected chi connectivity index (χ3v) is 4.39. The Balaban J connectivity index is 2.34. The van der Waals surface area contributed by atoms with E-state index in [1.165, 1.54) is 7.11 Å². The van der Waals surface area contributed by atoms with E-state index in [-0.39, 0.29) is 0 Å². The third-order valence-electron chi connectivity index (χ3n) is 3.77. The first-order valence-corrected chi connectivity index (χ1v) is 7.92. The van der Waals surface area contributed by atoms with Gasteiger partial charge in [0.15, 0.2) is 6.04 Å². The number of rotatable bonds is 5. The molecule has 128 valence electrons. The summed E-state index contributed by atoms with van der Waals surface area (Å²) in [5, 5.41) is 16.2. The standard InChI is InChI=1S/C16H18BrN3O4/c1-8-13(9(2)20(3)19-8)15(21)18-14(16(22)23)10-5-6-12(24-4)11(17)7-10/h5-7,14H,1-4H3,(H,18,21)(H,22,23). The zero-order valence-electron chi connectivity index (χ0n) is 13.8. The summed E-state index contributed by atoms with van der Waals surface area (Å²) in [4.78, 5) is 24.2. The van der Waals surface area contributed by atoms with Gasteiger partial charge < -0.3 is 15.2 Å². The number of carbonyl (C=O) groups excluding carboxylic acids is 1. The lowest BCUT2D eigenvalue weighted by molar-refractivity contribution is -0.139. The smallest absolute Gasteiger partial charge is 0.330 e. The van der Waals surface area contributed by atoms with E-state index in [4.69, 9.17) is 4.74 Å². The summed E-state index contributed by atoms with van der Waals surface area (Å²) in [6, 6.07) is 3.67. The Morgan fingerprint density at radius 2 is 2.04 bits per heavy atom. The number of carboxylic acids is 1. The number of nitrogens with zero attached hydrogens (tertiary/aromatic N) is 2. The number of carboxylic acid groups (broad SMARTS) is 1. The SMILES string of the molecule is COc1ccc(C(NC(=O)c2c(C)nn(C)c2C)C(=O)O)cc1Br. The summed E-state index contributed by atoms with van der Waals surface area (Å²) in [5.41, 5.74) is 2.04. The highest BCUT2D eigenvalue weighted by atomic mass is 79.9. The maximum atomic E-state index is 12.5. The molecule has 1 aromatic heterocycles. The van der Waals surface area contributed by atoms with Gasteiger partial charge in [0.25, 0.3) is 5.91 Å². The highest BCUT2D eigenvalue weighted by Crippen LogP contribution is 2.28. The number of nitrogens with one attached hydrogen (secondary N) is 1. The van der Waals surface area contributed by atoms with Gasteiger partial charge in [-0.1, -0.05) is 6.07 Å². The van der Waals surface area contributed by atoms with E-state index >= 15 is 0 Å². The van der Waals surface area contributed by atoms with E-state index in [0.717, 1.165) is 0 Å². The minimum absolute atomic E-state index is 0.385. The molecular formula is C16H18BrN3O4. The number of benzene rings is 1. The number of halogens is 1. The van der Waals surface area contributed by atoms with E-state index in [1.807, 2.05) is 0 Å². The molecule has 0 aliphatic rings. The number of hydrogen-bond acceptors (Lipinski definition) is 4. The Kier molecular flexibility index (Phi) is 5.28. The van der Waals surface area contributed by atoms with Crippen LogP contribution in [0.5, 0.6) is 5.75 Å². The number of carbonyl (C=O) groups is 2. The summed E-state index contributed by atoms with van der Waals surface area (Å²) in [6.07, 6.45) is 0. The molecule has 1 aromatic carbocycles. The lowest BCUT2D eigenvalue weighted by Gasteiger charge is -2.16. The molecule has 24 heavy (non-hydrogen) atoms. The van der Waals surface area contributed by atoms with Crippen molar-refractivity contribution in [3.05, 3.63) is 45.2 Å². The van der Waals surface area contributed by atoms with Crippen molar-refractivity contribution in [1.29, 1.82) is 0 Å². The largest absolute Gasteiger partial charge is 0.496 e. The van der Waals surface area contributed by atoms with Gasteiger partial charge in [0.05, 0.1) is 22.8 Å². The molecule has 0 aliphatic carbocycles. The molecule has 2 rings (SSSR count). The highest BCUT2D eigenvalue weighted by molar-refractivity contribution is 9.10. The number of hydrogen-bond donors (Lipinski definition) is 2. The number of aliphatic carboxylic acids is 1. The van der Waals surface area contributed by atoms with Gasteiger partial charge in [0.1, 0.15) is 5.75 Å². The van der Waals surface area contributed by atoms with Crippen LogP contribution in [0.3, 0.4) is 0 Å². The van der Waals surface area contributed by atoms with Crippen LogP contribution in [0.25, 0.3) is 0 Å². The second-order valence-electron chi connectivity index (χ2n) is 5.31. The molecule has 8 heteroatoms. The quantitative estimate of drug-likeness (QED) is 0.810. The Labute approximate surface area is 147 Å². The van der Waals surface area contributed by atoms with E-state index in [2.05, 4.69) is 26.3 Å². The predicted molar refractivity (Wildman–Crippen MR) is 91.2 cm³/mol. The molecule has 2 aromatic rings. The van der Waals surface area contributed by atoms with Gasteiger partial charge in [0.2, 0.25) is 0 Å². The Morgan fingerprint density at radius 3 is 2.50 bits per heavy atom. The van der Waals surface area contributed by atoms with Crippen molar-refractivity contribution < 1.29 is 19.4 Å². The zero-order valence-corrected chi connectivity index (χ0v) is 15.3. The molecule has 2 N–H and O–H groups in total. The summed E-state index contributed by atoms with van der Waals surface area (Å²) >= 11 is 3.32. The van der Waals surface area contributed by atoms with Crippen molar-refractivity contribution in [2.45, 2.75) is 19.9 Å². The Morgan fingerprint density at radius 1 is 1.38 bits per heavy atom. The first-order chi connectivity index (χ1) is 11.3. The van der Waals surface area contributed by atoms with Crippen molar-refractivity contribution >= 4 is 27.8 Å². The van der Waals surface area contributed by atoms with E-state index in [0.29, 0.717) is 32.7 Å². The topological polar surface area (TPSA) is 93.5 Å². The second-order valence-corrected chi connectivity index (χ2v) is 6.16. The van der Waals surface area contributed by atoms with Crippen molar-refractivity contribution in [3.8, 4) is 5.75 Å². The van der Waals surface area contributed by atoms with Crippen molar-refractivity contribution in [1.82, 2.24) is 15.1 Å².